The van der Waals surface area contributed by atoms with Crippen LogP contribution in [0, 0.1) is 0 Å². The molecule has 0 saturated carbocycles. The Kier molecular flexibility index (Phi) is 11.5. The number of rotatable bonds is 11. The van der Waals surface area contributed by atoms with E-state index >= 15 is 0 Å². The number of aromatic nitrogens is 1. The SMILES string of the molecule is CCOC(=O)N1CCN(C(=O)[C@H](CCC(=O)O)NC(=O)c2cc(OCC(=O)N3CCCCC3C3CCCO3)c3ccccc3n2)CC1. The Morgan fingerprint density at radius 3 is 2.51 bits per heavy atom. The van der Waals surface area contributed by atoms with Crippen LogP contribution in [-0.4, -0.2) is 125 Å². The number of para-hydroxylation sites is 1. The average Bonchev–Trinajstić information content (AvgIpc) is 3.63. The number of likely N-dealkylation sites (tertiary alicyclic amines) is 1. The van der Waals surface area contributed by atoms with Crippen LogP contribution in [0.15, 0.2) is 30.3 Å². The van der Waals surface area contributed by atoms with Gasteiger partial charge in [0.2, 0.25) is 5.91 Å². The summed E-state index contributed by atoms with van der Waals surface area (Å²) < 4.78 is 17.0. The Morgan fingerprint density at radius 2 is 1.79 bits per heavy atom. The summed E-state index contributed by atoms with van der Waals surface area (Å²) in [6.07, 6.45) is 3.87. The van der Waals surface area contributed by atoms with E-state index in [2.05, 4.69) is 10.3 Å². The quantitative estimate of drug-likeness (QED) is 0.368. The molecule has 0 aliphatic carbocycles. The molecule has 47 heavy (non-hydrogen) atoms. The molecule has 0 bridgehead atoms. The number of hydrogen-bond acceptors (Lipinski definition) is 9. The van der Waals surface area contributed by atoms with Gasteiger partial charge in [-0.25, -0.2) is 9.78 Å². The average molecular weight is 654 g/mol. The van der Waals surface area contributed by atoms with Crippen LogP contribution in [0.1, 0.15) is 62.4 Å². The normalized spacial score (nSPS) is 20.5. The molecule has 1 aromatic heterocycles. The van der Waals surface area contributed by atoms with Crippen LogP contribution >= 0.6 is 0 Å². The second kappa shape index (κ2) is 15.9. The second-order valence-electron chi connectivity index (χ2n) is 12.0. The summed E-state index contributed by atoms with van der Waals surface area (Å²) >= 11 is 0. The number of aliphatic carboxylic acids is 1. The number of nitrogens with zero attached hydrogens (tertiary/aromatic N) is 4. The molecule has 2 N–H and O–H groups in total. The van der Waals surface area contributed by atoms with Crippen molar-refractivity contribution in [3.8, 4) is 5.75 Å². The van der Waals surface area contributed by atoms with Crippen LogP contribution < -0.4 is 10.1 Å². The van der Waals surface area contributed by atoms with E-state index in [0.29, 0.717) is 29.8 Å². The van der Waals surface area contributed by atoms with Crippen molar-refractivity contribution in [1.82, 2.24) is 25.0 Å². The minimum absolute atomic E-state index is 0.0197. The highest BCUT2D eigenvalue weighted by atomic mass is 16.6. The molecule has 2 aromatic rings. The number of carbonyl (C=O) groups is 5. The molecule has 4 amide bonds. The van der Waals surface area contributed by atoms with E-state index in [-0.39, 0.29) is 76.0 Å². The second-order valence-corrected chi connectivity index (χ2v) is 12.0. The van der Waals surface area contributed by atoms with E-state index in [9.17, 15) is 29.1 Å². The molecule has 1 aromatic carbocycles. The largest absolute Gasteiger partial charge is 0.483 e. The first kappa shape index (κ1) is 33.9. The maximum atomic E-state index is 13.6. The molecule has 3 fully saturated rings. The fourth-order valence-electron chi connectivity index (χ4n) is 6.46. The molecule has 14 heteroatoms. The Bertz CT molecular complexity index is 1460. The number of benzene rings is 1. The molecule has 0 radical (unpaired) electrons. The summed E-state index contributed by atoms with van der Waals surface area (Å²) in [4.78, 5) is 73.3. The van der Waals surface area contributed by atoms with Gasteiger partial charge in [-0.05, 0) is 57.6 Å². The molecule has 254 valence electrons. The van der Waals surface area contributed by atoms with Crippen LogP contribution in [-0.2, 0) is 23.9 Å². The molecule has 3 aliphatic rings. The van der Waals surface area contributed by atoms with E-state index in [1.165, 1.54) is 15.9 Å². The van der Waals surface area contributed by atoms with Crippen molar-refractivity contribution in [1.29, 1.82) is 0 Å². The topological polar surface area (TPSA) is 168 Å². The Labute approximate surface area is 273 Å². The van der Waals surface area contributed by atoms with Gasteiger partial charge in [0.1, 0.15) is 17.5 Å². The van der Waals surface area contributed by atoms with Crippen LogP contribution in [0.25, 0.3) is 10.9 Å². The molecule has 0 spiro atoms. The molecule has 2 unspecified atom stereocenters. The van der Waals surface area contributed by atoms with Gasteiger partial charge in [-0.3, -0.25) is 19.2 Å². The van der Waals surface area contributed by atoms with Crippen molar-refractivity contribution in [2.45, 2.75) is 70.1 Å². The molecule has 3 atom stereocenters. The zero-order valence-electron chi connectivity index (χ0n) is 26.7. The predicted octanol–water partition coefficient (Wildman–Crippen LogP) is 2.44. The number of hydrogen-bond donors (Lipinski definition) is 2. The van der Waals surface area contributed by atoms with E-state index in [4.69, 9.17) is 14.2 Å². The lowest BCUT2D eigenvalue weighted by molar-refractivity contribution is -0.140. The summed E-state index contributed by atoms with van der Waals surface area (Å²) in [5.74, 6) is -2.10. The van der Waals surface area contributed by atoms with Gasteiger partial charge >= 0.3 is 12.1 Å². The highest BCUT2D eigenvalue weighted by Crippen LogP contribution is 2.29. The third-order valence-corrected chi connectivity index (χ3v) is 8.89. The first-order chi connectivity index (χ1) is 22.7. The highest BCUT2D eigenvalue weighted by Gasteiger charge is 2.36. The maximum Gasteiger partial charge on any atom is 0.409 e. The number of amides is 4. The van der Waals surface area contributed by atoms with Crippen LogP contribution in [0.4, 0.5) is 4.79 Å². The Hall–Kier alpha value is -4.46. The van der Waals surface area contributed by atoms with E-state index in [1.807, 2.05) is 4.90 Å². The summed E-state index contributed by atoms with van der Waals surface area (Å²) in [6, 6.07) is 7.39. The lowest BCUT2D eigenvalue weighted by Gasteiger charge is -2.38. The number of fused-ring (bicyclic) bond motifs is 1. The van der Waals surface area contributed by atoms with Gasteiger partial charge < -0.3 is 39.3 Å². The Morgan fingerprint density at radius 1 is 1.02 bits per heavy atom. The summed E-state index contributed by atoms with van der Waals surface area (Å²) in [5, 5.41) is 12.6. The fraction of sp³-hybridized carbons (Fsp3) is 0.576. The van der Waals surface area contributed by atoms with Gasteiger partial charge in [-0.2, -0.15) is 0 Å². The fourth-order valence-corrected chi connectivity index (χ4v) is 6.46. The number of nitrogens with one attached hydrogen (secondary N) is 1. The number of carbonyl (C=O) groups excluding carboxylic acids is 4. The van der Waals surface area contributed by atoms with Crippen LogP contribution in [0.5, 0.6) is 5.75 Å². The van der Waals surface area contributed by atoms with Gasteiger partial charge in [0, 0.05) is 57.2 Å². The number of carboxylic acid groups (broad SMARTS) is 1. The van der Waals surface area contributed by atoms with Crippen molar-refractivity contribution < 1.29 is 43.3 Å². The number of ether oxygens (including phenoxy) is 3. The first-order valence-electron chi connectivity index (χ1n) is 16.4. The molecule has 3 aliphatic heterocycles. The lowest BCUT2D eigenvalue weighted by atomic mass is 9.95. The molecule has 5 rings (SSSR count). The lowest BCUT2D eigenvalue weighted by Crippen LogP contribution is -2.56. The maximum absolute atomic E-state index is 13.6. The van der Waals surface area contributed by atoms with Crippen molar-refractivity contribution in [2.24, 2.45) is 0 Å². The number of carboxylic acids is 1. The predicted molar refractivity (Wildman–Crippen MR) is 169 cm³/mol. The van der Waals surface area contributed by atoms with Crippen molar-refractivity contribution >= 4 is 40.7 Å². The van der Waals surface area contributed by atoms with Gasteiger partial charge in [-0.15, -0.1) is 0 Å². The number of piperazine rings is 1. The van der Waals surface area contributed by atoms with Crippen LogP contribution in [0.2, 0.25) is 0 Å². The Balaban J connectivity index is 1.29. The monoisotopic (exact) mass is 653 g/mol. The van der Waals surface area contributed by atoms with Crippen molar-refractivity contribution in [2.75, 3.05) is 52.5 Å². The molecular weight excluding hydrogens is 610 g/mol. The van der Waals surface area contributed by atoms with Gasteiger partial charge in [0.25, 0.3) is 11.8 Å². The summed E-state index contributed by atoms with van der Waals surface area (Å²) in [7, 11) is 0. The highest BCUT2D eigenvalue weighted by molar-refractivity contribution is 5.99. The third kappa shape index (κ3) is 8.47. The standard InChI is InChI=1S/C33H43N5O9/c1-2-45-33(44)37-17-15-36(16-18-37)32(43)24(12-13-30(40)41)35-31(42)25-20-28(22-8-3-4-9-23(22)34-25)47-21-29(39)38-14-6-5-10-26(38)27-11-7-19-46-27/h3-4,8-9,20,24,26-27H,2,5-7,10-19,21H2,1H3,(H,35,42)(H,40,41)/t24-,26?,27?/m0/s1. The van der Waals surface area contributed by atoms with Gasteiger partial charge in [0.15, 0.2) is 6.61 Å². The van der Waals surface area contributed by atoms with E-state index in [1.54, 1.807) is 31.2 Å². The number of pyridine rings is 1. The third-order valence-electron chi connectivity index (χ3n) is 8.89. The smallest absolute Gasteiger partial charge is 0.409 e. The van der Waals surface area contributed by atoms with Crippen LogP contribution in [0.3, 0.4) is 0 Å². The minimum atomic E-state index is -1.14. The van der Waals surface area contributed by atoms with Gasteiger partial charge in [0.05, 0.1) is 24.3 Å². The van der Waals surface area contributed by atoms with Gasteiger partial charge in [-0.1, -0.05) is 12.1 Å². The van der Waals surface area contributed by atoms with E-state index in [0.717, 1.165) is 32.1 Å². The summed E-state index contributed by atoms with van der Waals surface area (Å²) in [6.45, 7) is 4.00. The minimum Gasteiger partial charge on any atom is -0.483 e. The van der Waals surface area contributed by atoms with E-state index < -0.39 is 29.9 Å². The zero-order chi connectivity index (χ0) is 33.3. The van der Waals surface area contributed by atoms with Crippen molar-refractivity contribution in [3.05, 3.63) is 36.0 Å². The molecule has 4 heterocycles. The summed E-state index contributed by atoms with van der Waals surface area (Å²) in [5.41, 5.74) is 0.419. The number of piperidine rings is 1. The molecular formula is C33H43N5O9. The molecule has 3 saturated heterocycles. The zero-order valence-corrected chi connectivity index (χ0v) is 26.7. The molecule has 14 nitrogen and oxygen atoms in total. The van der Waals surface area contributed by atoms with Crippen molar-refractivity contribution in [3.63, 3.8) is 0 Å². The first-order valence-corrected chi connectivity index (χ1v) is 16.4.